The highest BCUT2D eigenvalue weighted by Crippen LogP contribution is 2.44. The van der Waals surface area contributed by atoms with Gasteiger partial charge in [0, 0.05) is 12.5 Å². The molecule has 3 aromatic carbocycles. The van der Waals surface area contributed by atoms with Crippen molar-refractivity contribution in [2.45, 2.75) is 12.5 Å². The van der Waals surface area contributed by atoms with Crippen LogP contribution in [0, 0.1) is 0 Å². The fourth-order valence-corrected chi connectivity index (χ4v) is 3.86. The molecule has 6 heteroatoms. The molecule has 3 aromatic rings. The third-order valence-electron chi connectivity index (χ3n) is 5.14. The van der Waals surface area contributed by atoms with Gasteiger partial charge < -0.3 is 9.84 Å². The van der Waals surface area contributed by atoms with Crippen LogP contribution in [-0.2, 0) is 16.1 Å². The molecule has 1 aliphatic carbocycles. The average molecular weight is 402 g/mol. The van der Waals surface area contributed by atoms with Crippen LogP contribution in [0.4, 0.5) is 4.79 Å². The van der Waals surface area contributed by atoms with Crippen molar-refractivity contribution in [1.82, 2.24) is 10.4 Å². The first-order chi connectivity index (χ1) is 14.6. The monoisotopic (exact) mass is 402 g/mol. The number of aliphatic carboxylic acids is 1. The SMILES string of the molecule is O=C(O)CN(Cc1ccccc1)NC(=O)OCC1c2ccccc2-c2ccccc21. The van der Waals surface area contributed by atoms with E-state index in [-0.39, 0.29) is 25.6 Å². The number of nitrogens with zero attached hydrogens (tertiary/aromatic N) is 1. The van der Waals surface area contributed by atoms with Crippen molar-refractivity contribution in [2.75, 3.05) is 13.2 Å². The van der Waals surface area contributed by atoms with Crippen molar-refractivity contribution < 1.29 is 19.4 Å². The number of nitrogens with one attached hydrogen (secondary N) is 1. The molecule has 0 saturated heterocycles. The third kappa shape index (κ3) is 4.34. The summed E-state index contributed by atoms with van der Waals surface area (Å²) in [6.45, 7) is 0.0997. The van der Waals surface area contributed by atoms with Crippen LogP contribution in [0.5, 0.6) is 0 Å². The van der Waals surface area contributed by atoms with Crippen molar-refractivity contribution in [2.24, 2.45) is 0 Å². The number of fused-ring (bicyclic) bond motifs is 3. The molecular formula is C24H22N2O4. The fourth-order valence-electron chi connectivity index (χ4n) is 3.86. The number of carbonyl (C=O) groups excluding carboxylic acids is 1. The van der Waals surface area contributed by atoms with Gasteiger partial charge in [0.1, 0.15) is 13.2 Å². The molecule has 0 saturated carbocycles. The molecule has 30 heavy (non-hydrogen) atoms. The summed E-state index contributed by atoms with van der Waals surface area (Å²) >= 11 is 0. The van der Waals surface area contributed by atoms with Crippen LogP contribution in [-0.4, -0.2) is 35.3 Å². The molecule has 0 aromatic heterocycles. The van der Waals surface area contributed by atoms with Crippen molar-refractivity contribution >= 4 is 12.1 Å². The fraction of sp³-hybridized carbons (Fsp3) is 0.167. The van der Waals surface area contributed by atoms with E-state index in [4.69, 9.17) is 9.84 Å². The predicted molar refractivity (Wildman–Crippen MR) is 113 cm³/mol. The van der Waals surface area contributed by atoms with E-state index in [0.717, 1.165) is 27.8 Å². The topological polar surface area (TPSA) is 78.9 Å². The Hall–Kier alpha value is -3.64. The van der Waals surface area contributed by atoms with Gasteiger partial charge in [0.15, 0.2) is 0 Å². The molecule has 152 valence electrons. The molecule has 0 bridgehead atoms. The molecule has 4 rings (SSSR count). The van der Waals surface area contributed by atoms with Gasteiger partial charge in [-0.25, -0.2) is 9.80 Å². The Morgan fingerprint density at radius 1 is 0.867 bits per heavy atom. The first-order valence-electron chi connectivity index (χ1n) is 9.74. The number of carbonyl (C=O) groups is 2. The van der Waals surface area contributed by atoms with Gasteiger partial charge >= 0.3 is 12.1 Å². The zero-order valence-corrected chi connectivity index (χ0v) is 16.3. The summed E-state index contributed by atoms with van der Waals surface area (Å²) in [6.07, 6.45) is -0.672. The Kier molecular flexibility index (Phi) is 5.77. The Bertz CT molecular complexity index is 1010. The van der Waals surface area contributed by atoms with E-state index < -0.39 is 12.1 Å². The highest BCUT2D eigenvalue weighted by atomic mass is 16.6. The summed E-state index contributed by atoms with van der Waals surface area (Å²) in [4.78, 5) is 23.6. The maximum atomic E-state index is 12.4. The molecule has 1 aliphatic rings. The molecule has 6 nitrogen and oxygen atoms in total. The van der Waals surface area contributed by atoms with E-state index in [1.54, 1.807) is 0 Å². The van der Waals surface area contributed by atoms with Gasteiger partial charge in [0.05, 0.1) is 0 Å². The van der Waals surface area contributed by atoms with Crippen LogP contribution in [0.25, 0.3) is 11.1 Å². The van der Waals surface area contributed by atoms with Crippen LogP contribution in [0.2, 0.25) is 0 Å². The van der Waals surface area contributed by atoms with Gasteiger partial charge in [-0.1, -0.05) is 78.9 Å². The molecule has 0 atom stereocenters. The Morgan fingerprint density at radius 2 is 1.43 bits per heavy atom. The summed E-state index contributed by atoms with van der Waals surface area (Å²) in [5.74, 6) is -1.09. The predicted octanol–water partition coefficient (Wildman–Crippen LogP) is 4.03. The van der Waals surface area contributed by atoms with Crippen molar-refractivity contribution in [3.05, 3.63) is 95.6 Å². The molecule has 1 amide bonds. The number of carboxylic acid groups (broad SMARTS) is 1. The van der Waals surface area contributed by atoms with Crippen molar-refractivity contribution in [3.63, 3.8) is 0 Å². The maximum absolute atomic E-state index is 12.4. The summed E-state index contributed by atoms with van der Waals surface area (Å²) in [7, 11) is 0. The average Bonchev–Trinajstić information content (AvgIpc) is 3.06. The molecule has 0 heterocycles. The maximum Gasteiger partial charge on any atom is 0.421 e. The van der Waals surface area contributed by atoms with E-state index in [0.29, 0.717) is 0 Å². The molecule has 0 spiro atoms. The number of hydrazine groups is 1. The van der Waals surface area contributed by atoms with E-state index in [2.05, 4.69) is 17.6 Å². The summed E-state index contributed by atoms with van der Waals surface area (Å²) in [6, 6.07) is 25.5. The van der Waals surface area contributed by atoms with Gasteiger partial charge in [-0.05, 0) is 27.8 Å². The van der Waals surface area contributed by atoms with Crippen LogP contribution in [0.15, 0.2) is 78.9 Å². The van der Waals surface area contributed by atoms with Crippen molar-refractivity contribution in [1.29, 1.82) is 0 Å². The lowest BCUT2D eigenvalue weighted by atomic mass is 9.98. The molecule has 0 aliphatic heterocycles. The summed E-state index contributed by atoms with van der Waals surface area (Å²) < 4.78 is 5.50. The largest absolute Gasteiger partial charge is 0.480 e. The number of hydrogen-bond donors (Lipinski definition) is 2. The quantitative estimate of drug-likeness (QED) is 0.584. The molecular weight excluding hydrogens is 380 g/mol. The first kappa shape index (κ1) is 19.7. The number of ether oxygens (including phenoxy) is 1. The standard InChI is InChI=1S/C24H22N2O4/c27-23(28)15-26(14-17-8-2-1-3-9-17)25-24(29)30-16-22-20-12-6-4-10-18(20)19-11-5-7-13-21(19)22/h1-13,22H,14-16H2,(H,25,29)(H,27,28). The number of hydrogen-bond acceptors (Lipinski definition) is 4. The minimum Gasteiger partial charge on any atom is -0.480 e. The Balaban J connectivity index is 1.43. The molecule has 0 unspecified atom stereocenters. The first-order valence-corrected chi connectivity index (χ1v) is 9.74. The van der Waals surface area contributed by atoms with E-state index in [1.807, 2.05) is 66.7 Å². The van der Waals surface area contributed by atoms with Crippen LogP contribution in [0.3, 0.4) is 0 Å². The minimum atomic E-state index is -1.04. The van der Waals surface area contributed by atoms with Crippen LogP contribution in [0.1, 0.15) is 22.6 Å². The second kappa shape index (κ2) is 8.80. The smallest absolute Gasteiger partial charge is 0.421 e. The van der Waals surface area contributed by atoms with Gasteiger partial charge in [0.25, 0.3) is 0 Å². The zero-order valence-electron chi connectivity index (χ0n) is 16.3. The Labute approximate surface area is 174 Å². The summed E-state index contributed by atoms with van der Waals surface area (Å²) in [5, 5.41) is 10.5. The molecule has 0 fully saturated rings. The molecule has 0 radical (unpaired) electrons. The zero-order chi connectivity index (χ0) is 20.9. The second-order valence-electron chi connectivity index (χ2n) is 7.17. The second-order valence-corrected chi connectivity index (χ2v) is 7.17. The highest BCUT2D eigenvalue weighted by molar-refractivity contribution is 5.79. The minimum absolute atomic E-state index is 0.0507. The molecule has 2 N–H and O–H groups in total. The van der Waals surface area contributed by atoms with Crippen molar-refractivity contribution in [3.8, 4) is 11.1 Å². The Morgan fingerprint density at radius 3 is 2.03 bits per heavy atom. The van der Waals surface area contributed by atoms with Gasteiger partial charge in [-0.2, -0.15) is 0 Å². The van der Waals surface area contributed by atoms with Crippen LogP contribution >= 0.6 is 0 Å². The lowest BCUT2D eigenvalue weighted by Gasteiger charge is -2.22. The normalized spacial score (nSPS) is 12.3. The summed E-state index contributed by atoms with van der Waals surface area (Å²) in [5.41, 5.74) is 8.00. The van der Waals surface area contributed by atoms with Gasteiger partial charge in [-0.3, -0.25) is 10.2 Å². The number of benzene rings is 3. The number of amides is 1. The van der Waals surface area contributed by atoms with E-state index >= 15 is 0 Å². The van der Waals surface area contributed by atoms with Crippen LogP contribution < -0.4 is 5.43 Å². The highest BCUT2D eigenvalue weighted by Gasteiger charge is 2.29. The van der Waals surface area contributed by atoms with Gasteiger partial charge in [0.2, 0.25) is 0 Å². The van der Waals surface area contributed by atoms with Gasteiger partial charge in [-0.15, -0.1) is 0 Å². The van der Waals surface area contributed by atoms with E-state index in [9.17, 15) is 9.59 Å². The number of carboxylic acids is 1. The van der Waals surface area contributed by atoms with E-state index in [1.165, 1.54) is 5.01 Å². The number of rotatable bonds is 7. The third-order valence-corrected chi connectivity index (χ3v) is 5.14. The lowest BCUT2D eigenvalue weighted by Crippen LogP contribution is -2.45. The lowest BCUT2D eigenvalue weighted by molar-refractivity contribution is -0.139.